The number of hydrogen-bond donors (Lipinski definition) is 2. The minimum atomic E-state index is -0.685. The summed E-state index contributed by atoms with van der Waals surface area (Å²) in [5, 5.41) is 5.37. The van der Waals surface area contributed by atoms with Gasteiger partial charge < -0.3 is 15.4 Å². The summed E-state index contributed by atoms with van der Waals surface area (Å²) in [6.07, 6.45) is 1.88. The first kappa shape index (κ1) is 17.7. The minimum Gasteiger partial charge on any atom is -0.467 e. The van der Waals surface area contributed by atoms with Gasteiger partial charge in [-0.3, -0.25) is 9.59 Å². The largest absolute Gasteiger partial charge is 0.467 e. The Kier molecular flexibility index (Phi) is 7.67. The van der Waals surface area contributed by atoms with E-state index in [1.165, 1.54) is 14.0 Å². The molecule has 0 unspecified atom stereocenters. The van der Waals surface area contributed by atoms with Crippen molar-refractivity contribution in [3.8, 4) is 0 Å². The summed E-state index contributed by atoms with van der Waals surface area (Å²) in [6, 6.07) is 8.01. The Morgan fingerprint density at radius 2 is 1.82 bits per heavy atom. The Labute approximate surface area is 130 Å². The Bertz CT molecular complexity index is 502. The van der Waals surface area contributed by atoms with Crippen molar-refractivity contribution in [2.45, 2.75) is 32.2 Å². The van der Waals surface area contributed by atoms with Crippen molar-refractivity contribution in [3.63, 3.8) is 0 Å². The van der Waals surface area contributed by atoms with Crippen LogP contribution in [-0.2, 0) is 14.3 Å². The second kappa shape index (κ2) is 9.55. The van der Waals surface area contributed by atoms with E-state index in [2.05, 4.69) is 10.6 Å². The minimum absolute atomic E-state index is 0.0816. The van der Waals surface area contributed by atoms with Crippen molar-refractivity contribution >= 4 is 17.8 Å². The maximum atomic E-state index is 12.1. The van der Waals surface area contributed by atoms with Crippen LogP contribution in [0.2, 0.25) is 0 Å². The van der Waals surface area contributed by atoms with E-state index >= 15 is 0 Å². The molecule has 0 heterocycles. The molecule has 0 bridgehead atoms. The number of amides is 2. The summed E-state index contributed by atoms with van der Waals surface area (Å²) < 4.78 is 4.72. The van der Waals surface area contributed by atoms with Crippen LogP contribution in [0.25, 0.3) is 0 Å². The molecular weight excluding hydrogens is 284 g/mol. The second-order valence-corrected chi connectivity index (χ2v) is 4.89. The van der Waals surface area contributed by atoms with Crippen molar-refractivity contribution in [1.82, 2.24) is 10.6 Å². The molecule has 6 nitrogen and oxygen atoms in total. The molecule has 0 aliphatic heterocycles. The molecule has 22 heavy (non-hydrogen) atoms. The third-order valence-electron chi connectivity index (χ3n) is 3.12. The lowest BCUT2D eigenvalue weighted by molar-refractivity contribution is -0.143. The number of methoxy groups -OCH3 is 1. The van der Waals surface area contributed by atoms with Gasteiger partial charge in [0.05, 0.1) is 7.11 Å². The molecule has 0 radical (unpaired) electrons. The molecule has 1 aromatic carbocycles. The van der Waals surface area contributed by atoms with Gasteiger partial charge in [-0.05, 0) is 31.4 Å². The number of benzene rings is 1. The van der Waals surface area contributed by atoms with E-state index in [4.69, 9.17) is 4.74 Å². The molecule has 0 aromatic heterocycles. The Balaban J connectivity index is 2.49. The molecule has 0 saturated heterocycles. The first-order valence-electron chi connectivity index (χ1n) is 7.22. The molecular formula is C16H22N2O4. The van der Waals surface area contributed by atoms with E-state index in [1.54, 1.807) is 24.3 Å². The maximum Gasteiger partial charge on any atom is 0.328 e. The van der Waals surface area contributed by atoms with Gasteiger partial charge in [-0.1, -0.05) is 18.2 Å². The van der Waals surface area contributed by atoms with Crippen molar-refractivity contribution in [3.05, 3.63) is 35.9 Å². The fourth-order valence-corrected chi connectivity index (χ4v) is 1.96. The normalized spacial score (nSPS) is 11.4. The number of ether oxygens (including phenoxy) is 1. The van der Waals surface area contributed by atoms with Crippen molar-refractivity contribution in [1.29, 1.82) is 0 Å². The number of esters is 1. The zero-order valence-electron chi connectivity index (χ0n) is 12.9. The molecule has 1 rings (SSSR count). The van der Waals surface area contributed by atoms with Gasteiger partial charge in [-0.25, -0.2) is 4.79 Å². The van der Waals surface area contributed by atoms with Gasteiger partial charge in [0.25, 0.3) is 5.91 Å². The fourth-order valence-electron chi connectivity index (χ4n) is 1.96. The Morgan fingerprint density at radius 1 is 1.14 bits per heavy atom. The summed E-state index contributed by atoms with van der Waals surface area (Å²) >= 11 is 0. The molecule has 0 spiro atoms. The molecule has 1 aromatic rings. The summed E-state index contributed by atoms with van der Waals surface area (Å²) in [7, 11) is 1.29. The van der Waals surface area contributed by atoms with Gasteiger partial charge in [0.1, 0.15) is 6.04 Å². The molecule has 120 valence electrons. The highest BCUT2D eigenvalue weighted by atomic mass is 16.5. The van der Waals surface area contributed by atoms with Gasteiger partial charge in [0.2, 0.25) is 5.91 Å². The fraction of sp³-hybridized carbons (Fsp3) is 0.438. The molecule has 0 fully saturated rings. The summed E-state index contributed by atoms with van der Waals surface area (Å²) in [6.45, 7) is 2.01. The molecule has 6 heteroatoms. The molecule has 0 aliphatic rings. The molecule has 2 N–H and O–H groups in total. The van der Waals surface area contributed by atoms with Crippen LogP contribution >= 0.6 is 0 Å². The highest BCUT2D eigenvalue weighted by Crippen LogP contribution is 2.05. The maximum absolute atomic E-state index is 12.1. The lowest BCUT2D eigenvalue weighted by atomic mass is 10.1. The summed E-state index contributed by atoms with van der Waals surface area (Å²) in [5.74, 6) is -0.858. The zero-order valence-corrected chi connectivity index (χ0v) is 12.9. The van der Waals surface area contributed by atoms with Crippen molar-refractivity contribution < 1.29 is 19.1 Å². The van der Waals surface area contributed by atoms with E-state index in [0.29, 0.717) is 24.9 Å². The van der Waals surface area contributed by atoms with Crippen molar-refractivity contribution in [2.24, 2.45) is 0 Å². The molecule has 1 atom stereocenters. The third-order valence-corrected chi connectivity index (χ3v) is 3.12. The molecule has 2 amide bonds. The number of nitrogens with one attached hydrogen (secondary N) is 2. The van der Waals surface area contributed by atoms with Crippen LogP contribution in [0, 0.1) is 0 Å². The standard InChI is InChI=1S/C16H22N2O4/c1-12(19)17-11-7-6-10-14(16(21)22-2)18-15(20)13-8-4-3-5-9-13/h3-5,8-9,14H,6-7,10-11H2,1-2H3,(H,17,19)(H,18,20)/t14-/m0/s1. The first-order valence-corrected chi connectivity index (χ1v) is 7.22. The zero-order chi connectivity index (χ0) is 16.4. The second-order valence-electron chi connectivity index (χ2n) is 4.89. The lowest BCUT2D eigenvalue weighted by Gasteiger charge is -2.16. The number of carbonyl (C=O) groups is 3. The van der Waals surface area contributed by atoms with Crippen LogP contribution in [0.4, 0.5) is 0 Å². The monoisotopic (exact) mass is 306 g/mol. The van der Waals surface area contributed by atoms with Gasteiger partial charge >= 0.3 is 5.97 Å². The van der Waals surface area contributed by atoms with E-state index in [0.717, 1.165) is 6.42 Å². The van der Waals surface area contributed by atoms with E-state index in [-0.39, 0.29) is 11.8 Å². The third kappa shape index (κ3) is 6.39. The highest BCUT2D eigenvalue weighted by Gasteiger charge is 2.21. The van der Waals surface area contributed by atoms with E-state index in [9.17, 15) is 14.4 Å². The van der Waals surface area contributed by atoms with Crippen LogP contribution < -0.4 is 10.6 Å². The highest BCUT2D eigenvalue weighted by molar-refractivity contribution is 5.96. The lowest BCUT2D eigenvalue weighted by Crippen LogP contribution is -2.41. The van der Waals surface area contributed by atoms with Gasteiger partial charge in [-0.15, -0.1) is 0 Å². The van der Waals surface area contributed by atoms with Crippen LogP contribution in [0.1, 0.15) is 36.5 Å². The van der Waals surface area contributed by atoms with E-state index in [1.807, 2.05) is 6.07 Å². The summed E-state index contributed by atoms with van der Waals surface area (Å²) in [5.41, 5.74) is 0.495. The number of carbonyl (C=O) groups excluding carboxylic acids is 3. The smallest absolute Gasteiger partial charge is 0.328 e. The molecule has 0 aliphatic carbocycles. The predicted molar refractivity (Wildman–Crippen MR) is 82.2 cm³/mol. The molecule has 0 saturated carbocycles. The summed E-state index contributed by atoms with van der Waals surface area (Å²) in [4.78, 5) is 34.6. The van der Waals surface area contributed by atoms with Crippen molar-refractivity contribution in [2.75, 3.05) is 13.7 Å². The average Bonchev–Trinajstić information content (AvgIpc) is 2.53. The first-order chi connectivity index (χ1) is 10.5. The predicted octanol–water partition coefficient (Wildman–Crippen LogP) is 1.26. The number of rotatable bonds is 8. The van der Waals surface area contributed by atoms with Gasteiger partial charge in [0, 0.05) is 19.0 Å². The van der Waals surface area contributed by atoms with Crippen LogP contribution in [0.15, 0.2) is 30.3 Å². The van der Waals surface area contributed by atoms with Gasteiger partial charge in [0.15, 0.2) is 0 Å². The Morgan fingerprint density at radius 3 is 2.41 bits per heavy atom. The van der Waals surface area contributed by atoms with Gasteiger partial charge in [-0.2, -0.15) is 0 Å². The SMILES string of the molecule is COC(=O)[C@H](CCCCNC(C)=O)NC(=O)c1ccccc1. The quantitative estimate of drug-likeness (QED) is 0.559. The number of unbranched alkanes of at least 4 members (excludes halogenated alkanes) is 1. The number of hydrogen-bond acceptors (Lipinski definition) is 4. The van der Waals surface area contributed by atoms with Crippen LogP contribution in [0.3, 0.4) is 0 Å². The average molecular weight is 306 g/mol. The van der Waals surface area contributed by atoms with E-state index < -0.39 is 12.0 Å². The Hall–Kier alpha value is -2.37. The van der Waals surface area contributed by atoms with Crippen LogP contribution in [0.5, 0.6) is 0 Å². The van der Waals surface area contributed by atoms with Crippen LogP contribution in [-0.4, -0.2) is 37.5 Å². The topological polar surface area (TPSA) is 84.5 Å².